The summed E-state index contributed by atoms with van der Waals surface area (Å²) in [6, 6.07) is 13.3. The number of rotatable bonds is 6. The van der Waals surface area contributed by atoms with E-state index in [9.17, 15) is 9.18 Å². The summed E-state index contributed by atoms with van der Waals surface area (Å²) in [6.45, 7) is 5.28. The maximum Gasteiger partial charge on any atom is 0.269 e. The van der Waals surface area contributed by atoms with E-state index < -0.39 is 6.36 Å². The Bertz CT molecular complexity index is 1180. The number of benzene rings is 2. The van der Waals surface area contributed by atoms with Crippen molar-refractivity contribution in [3.05, 3.63) is 58.6 Å². The number of alkyl halides is 1. The van der Waals surface area contributed by atoms with E-state index in [1.165, 1.54) is 30.8 Å². The lowest BCUT2D eigenvalue weighted by Crippen LogP contribution is -2.46. The van der Waals surface area contributed by atoms with Gasteiger partial charge in [0.2, 0.25) is 6.36 Å². The van der Waals surface area contributed by atoms with Crippen LogP contribution in [0.1, 0.15) is 44.9 Å². The number of fused-ring (bicyclic) bond motifs is 1. The molecule has 1 aliphatic carbocycles. The van der Waals surface area contributed by atoms with Crippen molar-refractivity contribution in [3.63, 3.8) is 0 Å². The summed E-state index contributed by atoms with van der Waals surface area (Å²) in [5.74, 6) is 1.55. The SMILES string of the molecule is Cc1nc2cccc(OC(C)F)c2c(=O)n1-c1ccc(OC2CCN(C3CCC3)CC2)cc1. The molecule has 5 rings (SSSR count). The topological polar surface area (TPSA) is 56.6 Å². The predicted molar refractivity (Wildman–Crippen MR) is 126 cm³/mol. The van der Waals surface area contributed by atoms with E-state index in [0.717, 1.165) is 37.7 Å². The van der Waals surface area contributed by atoms with Gasteiger partial charge in [0.05, 0.1) is 11.2 Å². The number of hydrogen-bond acceptors (Lipinski definition) is 5. The Morgan fingerprint density at radius 3 is 2.42 bits per heavy atom. The number of nitrogens with zero attached hydrogens (tertiary/aromatic N) is 3. The molecule has 6 nitrogen and oxygen atoms in total. The summed E-state index contributed by atoms with van der Waals surface area (Å²) in [4.78, 5) is 20.5. The van der Waals surface area contributed by atoms with Crippen LogP contribution >= 0.6 is 0 Å². The fourth-order valence-corrected chi connectivity index (χ4v) is 4.86. The van der Waals surface area contributed by atoms with Gasteiger partial charge in [-0.15, -0.1) is 0 Å². The number of halogens is 1. The molecule has 7 heteroatoms. The number of likely N-dealkylation sites (tertiary alicyclic amines) is 1. The number of aryl methyl sites for hydroxylation is 1. The molecule has 0 bridgehead atoms. The molecule has 174 valence electrons. The summed E-state index contributed by atoms with van der Waals surface area (Å²) >= 11 is 0. The molecule has 1 saturated heterocycles. The zero-order valence-electron chi connectivity index (χ0n) is 19.2. The minimum atomic E-state index is -1.53. The van der Waals surface area contributed by atoms with Gasteiger partial charge in [-0.3, -0.25) is 9.36 Å². The summed E-state index contributed by atoms with van der Waals surface area (Å²) < 4.78 is 26.5. The van der Waals surface area contributed by atoms with Gasteiger partial charge in [-0.1, -0.05) is 12.5 Å². The first kappa shape index (κ1) is 21.9. The minimum Gasteiger partial charge on any atom is -0.490 e. The molecule has 1 aliphatic heterocycles. The van der Waals surface area contributed by atoms with Crippen molar-refractivity contribution >= 4 is 10.9 Å². The molecule has 1 saturated carbocycles. The molecule has 33 heavy (non-hydrogen) atoms. The summed E-state index contributed by atoms with van der Waals surface area (Å²) in [5.41, 5.74) is 0.882. The van der Waals surface area contributed by atoms with Gasteiger partial charge in [0, 0.05) is 26.1 Å². The van der Waals surface area contributed by atoms with Crippen LogP contribution in [0.15, 0.2) is 47.3 Å². The predicted octanol–water partition coefficient (Wildman–Crippen LogP) is 4.78. The van der Waals surface area contributed by atoms with Crippen molar-refractivity contribution in [1.82, 2.24) is 14.5 Å². The van der Waals surface area contributed by atoms with E-state index in [4.69, 9.17) is 9.47 Å². The van der Waals surface area contributed by atoms with Crippen molar-refractivity contribution in [2.24, 2.45) is 0 Å². The highest BCUT2D eigenvalue weighted by atomic mass is 19.1. The zero-order valence-corrected chi connectivity index (χ0v) is 19.2. The largest absolute Gasteiger partial charge is 0.490 e. The Labute approximate surface area is 193 Å². The molecule has 0 radical (unpaired) electrons. The van der Waals surface area contributed by atoms with Crippen molar-refractivity contribution in [2.75, 3.05) is 13.1 Å². The first-order valence-electron chi connectivity index (χ1n) is 11.8. The van der Waals surface area contributed by atoms with Crippen molar-refractivity contribution in [1.29, 1.82) is 0 Å². The second-order valence-electron chi connectivity index (χ2n) is 9.04. The smallest absolute Gasteiger partial charge is 0.269 e. The molecule has 0 amide bonds. The third-order valence-electron chi connectivity index (χ3n) is 6.78. The molecular weight excluding hydrogens is 421 g/mol. The first-order chi connectivity index (χ1) is 16.0. The molecule has 0 N–H and O–H groups in total. The van der Waals surface area contributed by atoms with Gasteiger partial charge in [0.15, 0.2) is 0 Å². The standard InChI is InChI=1S/C26H30FN3O3/c1-17(27)32-24-8-4-7-23-25(24)26(31)30(18(2)28-23)20-9-11-21(12-10-20)33-22-13-15-29(16-14-22)19-5-3-6-19/h4,7-12,17,19,22H,3,5-6,13-16H2,1-2H3. The Hall–Kier alpha value is -2.93. The third-order valence-corrected chi connectivity index (χ3v) is 6.78. The van der Waals surface area contributed by atoms with E-state index in [1.807, 2.05) is 24.3 Å². The van der Waals surface area contributed by atoms with Crippen LogP contribution in [-0.4, -0.2) is 46.0 Å². The molecule has 3 aromatic rings. The van der Waals surface area contributed by atoms with E-state index in [-0.39, 0.29) is 22.8 Å². The molecule has 2 heterocycles. The molecule has 0 spiro atoms. The highest BCUT2D eigenvalue weighted by Crippen LogP contribution is 2.29. The molecule has 1 aromatic heterocycles. The Balaban J connectivity index is 1.35. The molecule has 2 aliphatic rings. The molecule has 2 fully saturated rings. The fraction of sp³-hybridized carbons (Fsp3) is 0.462. The van der Waals surface area contributed by atoms with Crippen LogP contribution in [-0.2, 0) is 0 Å². The Kier molecular flexibility index (Phi) is 6.06. The number of hydrogen-bond donors (Lipinski definition) is 0. The van der Waals surface area contributed by atoms with Crippen molar-refractivity contribution < 1.29 is 13.9 Å². The van der Waals surface area contributed by atoms with Crippen molar-refractivity contribution in [2.45, 2.75) is 64.5 Å². The van der Waals surface area contributed by atoms with Crippen LogP contribution < -0.4 is 15.0 Å². The lowest BCUT2D eigenvalue weighted by Gasteiger charge is -2.41. The van der Waals surface area contributed by atoms with E-state index >= 15 is 0 Å². The van der Waals surface area contributed by atoms with E-state index in [1.54, 1.807) is 25.1 Å². The van der Waals surface area contributed by atoms with Crippen LogP contribution in [0.5, 0.6) is 11.5 Å². The minimum absolute atomic E-state index is 0.196. The van der Waals surface area contributed by atoms with Gasteiger partial charge < -0.3 is 14.4 Å². The highest BCUT2D eigenvalue weighted by Gasteiger charge is 2.29. The Morgan fingerprint density at radius 2 is 1.79 bits per heavy atom. The average molecular weight is 452 g/mol. The van der Waals surface area contributed by atoms with Gasteiger partial charge in [0.25, 0.3) is 5.56 Å². The van der Waals surface area contributed by atoms with Crippen LogP contribution in [0, 0.1) is 6.92 Å². The number of piperidine rings is 1. The van der Waals surface area contributed by atoms with Gasteiger partial charge in [-0.25, -0.2) is 9.37 Å². The van der Waals surface area contributed by atoms with Gasteiger partial charge in [-0.05, 0) is 69.0 Å². The maximum atomic E-state index is 13.5. The molecule has 1 atom stereocenters. The van der Waals surface area contributed by atoms with Crippen LogP contribution in [0.4, 0.5) is 4.39 Å². The normalized spacial score (nSPS) is 18.8. The van der Waals surface area contributed by atoms with E-state index in [2.05, 4.69) is 9.88 Å². The monoisotopic (exact) mass is 451 g/mol. The zero-order chi connectivity index (χ0) is 22.9. The summed E-state index contributed by atoms with van der Waals surface area (Å²) in [5, 5.41) is 0.270. The molecule has 2 aromatic carbocycles. The number of ether oxygens (including phenoxy) is 2. The van der Waals surface area contributed by atoms with Gasteiger partial charge >= 0.3 is 0 Å². The fourth-order valence-electron chi connectivity index (χ4n) is 4.86. The van der Waals surface area contributed by atoms with Crippen LogP contribution in [0.2, 0.25) is 0 Å². The lowest BCUT2D eigenvalue weighted by atomic mass is 9.90. The lowest BCUT2D eigenvalue weighted by molar-refractivity contribution is 0.0493. The third kappa shape index (κ3) is 4.47. The first-order valence-corrected chi connectivity index (χ1v) is 11.8. The number of aromatic nitrogens is 2. The second-order valence-corrected chi connectivity index (χ2v) is 9.04. The molecule has 1 unspecified atom stereocenters. The maximum absolute atomic E-state index is 13.5. The van der Waals surface area contributed by atoms with Gasteiger partial charge in [0.1, 0.15) is 28.8 Å². The molecular formula is C26H30FN3O3. The van der Waals surface area contributed by atoms with Crippen molar-refractivity contribution in [3.8, 4) is 17.2 Å². The van der Waals surface area contributed by atoms with E-state index in [0.29, 0.717) is 17.0 Å². The Morgan fingerprint density at radius 1 is 1.06 bits per heavy atom. The van der Waals surface area contributed by atoms with Gasteiger partial charge in [-0.2, -0.15) is 0 Å². The summed E-state index contributed by atoms with van der Waals surface area (Å²) in [7, 11) is 0. The quantitative estimate of drug-likeness (QED) is 0.540. The highest BCUT2D eigenvalue weighted by molar-refractivity contribution is 5.84. The average Bonchev–Trinajstić information content (AvgIpc) is 2.74. The van der Waals surface area contributed by atoms with Crippen LogP contribution in [0.25, 0.3) is 16.6 Å². The summed E-state index contributed by atoms with van der Waals surface area (Å²) in [6.07, 6.45) is 4.84. The van der Waals surface area contributed by atoms with Crippen LogP contribution in [0.3, 0.4) is 0 Å². The second kappa shape index (κ2) is 9.14.